The minimum absolute atomic E-state index is 0.453. The standard InChI is InChI=1S/C16H15N3/c1-19(12-14-8-4-2-5-9-14)13-16(17-18-19)15-10-6-3-7-11-15/h2-6,8-11,13H,12H2,1H3/q+1. The zero-order valence-electron chi connectivity index (χ0n) is 10.8. The van der Waals surface area contributed by atoms with Gasteiger partial charge in [0.1, 0.15) is 6.54 Å². The third-order valence-electron chi connectivity index (χ3n) is 3.11. The topological polar surface area (TPSA) is 24.7 Å². The molecule has 19 heavy (non-hydrogen) atoms. The number of hydrogen-bond donors (Lipinski definition) is 0. The van der Waals surface area contributed by atoms with Crippen molar-refractivity contribution >= 4 is 5.70 Å². The first-order chi connectivity index (χ1) is 9.25. The maximum atomic E-state index is 4.38. The van der Waals surface area contributed by atoms with Crippen molar-refractivity contribution in [2.45, 2.75) is 6.54 Å². The Balaban J connectivity index is 1.84. The number of nitrogens with zero attached hydrogens (tertiary/aromatic N) is 3. The maximum absolute atomic E-state index is 4.38. The van der Waals surface area contributed by atoms with E-state index in [0.29, 0.717) is 4.59 Å². The van der Waals surface area contributed by atoms with E-state index >= 15 is 0 Å². The fourth-order valence-corrected chi connectivity index (χ4v) is 2.18. The van der Waals surface area contributed by atoms with E-state index in [4.69, 9.17) is 0 Å². The van der Waals surface area contributed by atoms with Crippen LogP contribution in [0.25, 0.3) is 5.70 Å². The van der Waals surface area contributed by atoms with E-state index in [2.05, 4.69) is 41.8 Å². The number of rotatable bonds is 3. The summed E-state index contributed by atoms with van der Waals surface area (Å²) in [5.74, 6) is 0. The van der Waals surface area contributed by atoms with Crippen LogP contribution in [0.3, 0.4) is 0 Å². The van der Waals surface area contributed by atoms with E-state index in [9.17, 15) is 0 Å². The summed E-state index contributed by atoms with van der Waals surface area (Å²) in [6.45, 7) is 0.810. The van der Waals surface area contributed by atoms with Crippen molar-refractivity contribution in [3.63, 3.8) is 0 Å². The fourth-order valence-electron chi connectivity index (χ4n) is 2.18. The lowest BCUT2D eigenvalue weighted by molar-refractivity contribution is -0.880. The van der Waals surface area contributed by atoms with Gasteiger partial charge in [-0.15, -0.1) is 4.59 Å². The second-order valence-corrected chi connectivity index (χ2v) is 4.85. The van der Waals surface area contributed by atoms with Crippen LogP contribution in [0.5, 0.6) is 0 Å². The molecule has 1 aliphatic heterocycles. The third-order valence-corrected chi connectivity index (χ3v) is 3.11. The fraction of sp³-hybridized carbons (Fsp3) is 0.125. The predicted octanol–water partition coefficient (Wildman–Crippen LogP) is 3.81. The Kier molecular flexibility index (Phi) is 2.97. The molecule has 0 bridgehead atoms. The van der Waals surface area contributed by atoms with Gasteiger partial charge in [0.05, 0.1) is 7.05 Å². The van der Waals surface area contributed by atoms with Crippen LogP contribution in [0.4, 0.5) is 0 Å². The zero-order valence-corrected chi connectivity index (χ0v) is 10.8. The number of benzene rings is 2. The molecule has 0 saturated carbocycles. The summed E-state index contributed by atoms with van der Waals surface area (Å²) in [5, 5.41) is 8.67. The van der Waals surface area contributed by atoms with Crippen molar-refractivity contribution in [3.8, 4) is 0 Å². The predicted molar refractivity (Wildman–Crippen MR) is 74.4 cm³/mol. The lowest BCUT2D eigenvalue weighted by Gasteiger charge is -2.17. The van der Waals surface area contributed by atoms with Gasteiger partial charge >= 0.3 is 0 Å². The summed E-state index contributed by atoms with van der Waals surface area (Å²) >= 11 is 0. The summed E-state index contributed by atoms with van der Waals surface area (Å²) in [4.78, 5) is 0. The molecule has 0 saturated heterocycles. The van der Waals surface area contributed by atoms with Crippen LogP contribution in [0.1, 0.15) is 11.1 Å². The van der Waals surface area contributed by atoms with E-state index < -0.39 is 0 Å². The van der Waals surface area contributed by atoms with Crippen LogP contribution in [-0.2, 0) is 6.54 Å². The van der Waals surface area contributed by atoms with E-state index in [1.54, 1.807) is 0 Å². The molecule has 3 heteroatoms. The summed E-state index contributed by atoms with van der Waals surface area (Å²) in [5.41, 5.74) is 3.22. The zero-order chi connectivity index (χ0) is 13.1. The van der Waals surface area contributed by atoms with Crippen LogP contribution >= 0.6 is 0 Å². The Morgan fingerprint density at radius 1 is 1.11 bits per heavy atom. The van der Waals surface area contributed by atoms with Crippen LogP contribution < -0.4 is 0 Å². The normalized spacial score (nSPS) is 21.4. The first-order valence-corrected chi connectivity index (χ1v) is 6.27. The first kappa shape index (κ1) is 11.8. The Hall–Kier alpha value is -2.26. The van der Waals surface area contributed by atoms with Gasteiger partial charge in [0.2, 0.25) is 0 Å². The molecular weight excluding hydrogens is 234 g/mol. The van der Waals surface area contributed by atoms with Crippen molar-refractivity contribution in [1.82, 2.24) is 0 Å². The Morgan fingerprint density at radius 2 is 1.95 bits per heavy atom. The van der Waals surface area contributed by atoms with Gasteiger partial charge in [0, 0.05) is 16.4 Å². The molecule has 1 atom stereocenters. The van der Waals surface area contributed by atoms with Crippen molar-refractivity contribution in [3.05, 3.63) is 78.0 Å². The lowest BCUT2D eigenvalue weighted by Crippen LogP contribution is -2.29. The maximum Gasteiger partial charge on any atom is 0.154 e. The summed E-state index contributed by atoms with van der Waals surface area (Å²) < 4.78 is 0.453. The van der Waals surface area contributed by atoms with E-state index in [0.717, 1.165) is 17.8 Å². The second-order valence-electron chi connectivity index (χ2n) is 4.85. The van der Waals surface area contributed by atoms with Crippen molar-refractivity contribution < 1.29 is 4.59 Å². The van der Waals surface area contributed by atoms with E-state index in [1.807, 2.05) is 42.5 Å². The molecular formula is C16H15N3+. The SMILES string of the molecule is C[N+]1(Cc2ccccc2)C=C(c2c[c]ccc2)N=N1. The van der Waals surface area contributed by atoms with Crippen LogP contribution in [0, 0.1) is 6.07 Å². The molecule has 0 spiro atoms. The average Bonchev–Trinajstić information content (AvgIpc) is 2.83. The molecule has 3 rings (SSSR count). The smallest absolute Gasteiger partial charge is 0.149 e. The van der Waals surface area contributed by atoms with Crippen molar-refractivity contribution in [1.29, 1.82) is 0 Å². The second kappa shape index (κ2) is 4.78. The van der Waals surface area contributed by atoms with Crippen LogP contribution in [0.2, 0.25) is 0 Å². The molecule has 3 nitrogen and oxygen atoms in total. The highest BCUT2D eigenvalue weighted by molar-refractivity contribution is 5.63. The molecule has 0 fully saturated rings. The third kappa shape index (κ3) is 2.61. The van der Waals surface area contributed by atoms with Crippen LogP contribution in [-0.4, -0.2) is 11.6 Å². The van der Waals surface area contributed by atoms with Gasteiger partial charge in [0.25, 0.3) is 0 Å². The molecule has 1 heterocycles. The van der Waals surface area contributed by atoms with Gasteiger partial charge in [-0.1, -0.05) is 53.6 Å². The number of quaternary nitrogens is 1. The molecule has 0 N–H and O–H groups in total. The minimum atomic E-state index is 0.453. The Labute approximate surface area is 113 Å². The highest BCUT2D eigenvalue weighted by atomic mass is 15.7. The number of hydrogen-bond acceptors (Lipinski definition) is 2. The van der Waals surface area contributed by atoms with Gasteiger partial charge < -0.3 is 0 Å². The Bertz CT molecular complexity index is 617. The molecule has 1 aliphatic rings. The summed E-state index contributed by atoms with van der Waals surface area (Å²) in [6.07, 6.45) is 2.08. The minimum Gasteiger partial charge on any atom is -0.149 e. The van der Waals surface area contributed by atoms with Crippen molar-refractivity contribution in [2.75, 3.05) is 7.05 Å². The summed E-state index contributed by atoms with van der Waals surface area (Å²) in [6, 6.07) is 21.2. The summed E-state index contributed by atoms with van der Waals surface area (Å²) in [7, 11) is 2.05. The van der Waals surface area contributed by atoms with Gasteiger partial charge in [-0.25, -0.2) is 0 Å². The van der Waals surface area contributed by atoms with Gasteiger partial charge in [-0.2, -0.15) is 0 Å². The highest BCUT2D eigenvalue weighted by Gasteiger charge is 2.27. The molecule has 93 valence electrons. The van der Waals surface area contributed by atoms with Gasteiger partial charge in [0.15, 0.2) is 11.9 Å². The van der Waals surface area contributed by atoms with E-state index in [1.165, 1.54) is 5.56 Å². The molecule has 2 aromatic rings. The largest absolute Gasteiger partial charge is 0.154 e. The molecule has 1 unspecified atom stereocenters. The van der Waals surface area contributed by atoms with Crippen molar-refractivity contribution in [2.24, 2.45) is 10.3 Å². The lowest BCUT2D eigenvalue weighted by atomic mass is 10.1. The highest BCUT2D eigenvalue weighted by Crippen LogP contribution is 2.28. The molecule has 0 aromatic heterocycles. The monoisotopic (exact) mass is 249 g/mol. The molecule has 0 aliphatic carbocycles. The van der Waals surface area contributed by atoms with Gasteiger partial charge in [-0.3, -0.25) is 0 Å². The molecule has 1 radical (unpaired) electrons. The quantitative estimate of drug-likeness (QED) is 0.739. The average molecular weight is 249 g/mol. The Morgan fingerprint density at radius 3 is 2.68 bits per heavy atom. The molecule has 0 amide bonds. The van der Waals surface area contributed by atoms with E-state index in [-0.39, 0.29) is 0 Å². The van der Waals surface area contributed by atoms with Gasteiger partial charge in [-0.05, 0) is 12.1 Å². The van der Waals surface area contributed by atoms with Crippen LogP contribution in [0.15, 0.2) is 71.1 Å². The first-order valence-electron chi connectivity index (χ1n) is 6.27. The molecule has 2 aromatic carbocycles.